The topological polar surface area (TPSA) is 141 Å². The number of hydrogen-bond acceptors (Lipinski definition) is 10. The highest BCUT2D eigenvalue weighted by molar-refractivity contribution is 6.74. The Kier molecular flexibility index (Phi) is 14.0. The van der Waals surface area contributed by atoms with Gasteiger partial charge in [0.1, 0.15) is 11.2 Å². The van der Waals surface area contributed by atoms with Gasteiger partial charge in [0.2, 0.25) is 0 Å². The molecule has 12 nitrogen and oxygen atoms in total. The third kappa shape index (κ3) is 11.0. The maximum absolute atomic E-state index is 12.5. The van der Waals surface area contributed by atoms with Crippen LogP contribution in [0, 0.1) is 0 Å². The molecule has 0 saturated carbocycles. The lowest BCUT2D eigenvalue weighted by Crippen LogP contribution is -2.52. The predicted molar refractivity (Wildman–Crippen MR) is 162 cm³/mol. The van der Waals surface area contributed by atoms with Crippen LogP contribution < -0.4 is 0 Å². The summed E-state index contributed by atoms with van der Waals surface area (Å²) in [6.45, 7) is 22.1. The molecular formula is C29H56N2O10Si. The number of methoxy groups -OCH3 is 2. The summed E-state index contributed by atoms with van der Waals surface area (Å²) in [7, 11) is 0.485. The first-order valence-corrected chi connectivity index (χ1v) is 16.9. The second kappa shape index (κ2) is 14.9. The maximum atomic E-state index is 12.5. The minimum absolute atomic E-state index is 0. The van der Waals surface area contributed by atoms with E-state index in [2.05, 4.69) is 38.6 Å². The van der Waals surface area contributed by atoms with Crippen molar-refractivity contribution >= 4 is 32.4 Å². The maximum Gasteiger partial charge on any atom is 0.411 e. The van der Waals surface area contributed by atoms with Crippen molar-refractivity contribution in [3.63, 3.8) is 0 Å². The van der Waals surface area contributed by atoms with Gasteiger partial charge in [-0.2, -0.15) is 0 Å². The van der Waals surface area contributed by atoms with Crippen molar-refractivity contribution in [3.8, 4) is 0 Å². The molecule has 2 rings (SSSR count). The van der Waals surface area contributed by atoms with E-state index < -0.39 is 61.8 Å². The Morgan fingerprint density at radius 1 is 0.714 bits per heavy atom. The van der Waals surface area contributed by atoms with Gasteiger partial charge in [0, 0.05) is 13.1 Å². The highest BCUT2D eigenvalue weighted by Gasteiger charge is 2.49. The van der Waals surface area contributed by atoms with Crippen molar-refractivity contribution < 1.29 is 47.7 Å². The summed E-state index contributed by atoms with van der Waals surface area (Å²) in [4.78, 5) is 50.7. The Morgan fingerprint density at radius 3 is 1.48 bits per heavy atom. The van der Waals surface area contributed by atoms with Crippen LogP contribution in [0.4, 0.5) is 9.59 Å². The second-order valence-electron chi connectivity index (χ2n) is 13.8. The van der Waals surface area contributed by atoms with E-state index in [1.54, 1.807) is 41.5 Å². The minimum Gasteiger partial charge on any atom is -0.467 e. The van der Waals surface area contributed by atoms with Crippen molar-refractivity contribution in [1.29, 1.82) is 0 Å². The Balaban J connectivity index is 0.000000825. The molecule has 1 N–H and O–H groups in total. The Hall–Kier alpha value is -2.38. The number of carbonyl (C=O) groups is 4. The standard InChI is InChI=1S/C17H33NO5Si.C11H19NO5.CH4/c1-16(2,3)22-15(20)18-11-10-12(13(18)14(19)21-7)23-24(8,9)17(4,5)6;1-11(2,3)17-10(15)12-6-5-7(13)8(12)9(14)16-4;/h12-13H,10-11H2,1-9H3;7-8,13H,5-6H2,1-4H3;1H4/t12-,13-;7-,8-;/m00./s1. The fourth-order valence-corrected chi connectivity index (χ4v) is 5.43. The first kappa shape index (κ1) is 39.6. The molecule has 2 aliphatic heterocycles. The summed E-state index contributed by atoms with van der Waals surface area (Å²) in [6.07, 6.45) is -1.41. The quantitative estimate of drug-likeness (QED) is 0.266. The van der Waals surface area contributed by atoms with Crippen LogP contribution in [0.15, 0.2) is 0 Å². The third-order valence-corrected chi connectivity index (χ3v) is 11.6. The Morgan fingerprint density at radius 2 is 1.10 bits per heavy atom. The summed E-state index contributed by atoms with van der Waals surface area (Å²) in [5.74, 6) is -1.08. The smallest absolute Gasteiger partial charge is 0.411 e. The number of esters is 2. The van der Waals surface area contributed by atoms with Crippen LogP contribution in [0.3, 0.4) is 0 Å². The van der Waals surface area contributed by atoms with Gasteiger partial charge in [0.25, 0.3) is 0 Å². The molecule has 2 amide bonds. The molecule has 42 heavy (non-hydrogen) atoms. The van der Waals surface area contributed by atoms with Crippen LogP contribution in [0.2, 0.25) is 18.1 Å². The van der Waals surface area contributed by atoms with E-state index in [4.69, 9.17) is 18.6 Å². The Labute approximate surface area is 253 Å². The molecule has 0 unspecified atom stereocenters. The summed E-state index contributed by atoms with van der Waals surface area (Å²) >= 11 is 0. The van der Waals surface area contributed by atoms with Gasteiger partial charge in [0.15, 0.2) is 20.4 Å². The molecular weight excluding hydrogens is 564 g/mol. The van der Waals surface area contributed by atoms with E-state index in [1.165, 1.54) is 24.0 Å². The van der Waals surface area contributed by atoms with Crippen molar-refractivity contribution in [2.45, 2.75) is 136 Å². The summed E-state index contributed by atoms with van der Waals surface area (Å²) < 4.78 is 26.5. The van der Waals surface area contributed by atoms with E-state index in [9.17, 15) is 24.3 Å². The first-order chi connectivity index (χ1) is 18.5. The lowest BCUT2D eigenvalue weighted by molar-refractivity contribution is -0.149. The number of hydrogen-bond donors (Lipinski definition) is 1. The molecule has 2 heterocycles. The zero-order valence-electron chi connectivity index (χ0n) is 27.2. The van der Waals surface area contributed by atoms with E-state index in [1.807, 2.05) is 0 Å². The number of rotatable bonds is 4. The largest absolute Gasteiger partial charge is 0.467 e. The number of likely N-dealkylation sites (tertiary alicyclic amines) is 2. The summed E-state index contributed by atoms with van der Waals surface area (Å²) in [6, 6.07) is -1.71. The van der Waals surface area contributed by atoms with Gasteiger partial charge in [-0.05, 0) is 72.5 Å². The van der Waals surface area contributed by atoms with Crippen LogP contribution in [-0.4, -0.2) is 110 Å². The van der Waals surface area contributed by atoms with Gasteiger partial charge in [-0.15, -0.1) is 0 Å². The molecule has 2 saturated heterocycles. The molecule has 2 fully saturated rings. The van der Waals surface area contributed by atoms with E-state index in [0.717, 1.165) is 0 Å². The minimum atomic E-state index is -2.07. The molecule has 13 heteroatoms. The molecule has 0 aromatic rings. The average Bonchev–Trinajstić information content (AvgIpc) is 3.38. The van der Waals surface area contributed by atoms with Crippen molar-refractivity contribution in [1.82, 2.24) is 9.80 Å². The van der Waals surface area contributed by atoms with Gasteiger partial charge >= 0.3 is 24.1 Å². The molecule has 4 atom stereocenters. The lowest BCUT2D eigenvalue weighted by atomic mass is 10.2. The van der Waals surface area contributed by atoms with E-state index in [-0.39, 0.29) is 25.1 Å². The number of aliphatic hydroxyl groups is 1. The zero-order chi connectivity index (χ0) is 32.1. The fraction of sp³-hybridized carbons (Fsp3) is 0.862. The third-order valence-electron chi connectivity index (χ3n) is 7.10. The SMILES string of the molecule is C.COC(=O)[C@@H]1[C@@H](O)CCN1C(=O)OC(C)(C)C.COC(=O)[C@@H]1[C@@H](O[Si](C)(C)C(C)(C)C)CCN1C(=O)OC(C)(C)C. The number of aliphatic hydroxyl groups excluding tert-OH is 1. The molecule has 0 radical (unpaired) electrons. The van der Waals surface area contributed by atoms with Gasteiger partial charge in [-0.1, -0.05) is 28.2 Å². The van der Waals surface area contributed by atoms with Gasteiger partial charge in [0.05, 0.1) is 26.4 Å². The van der Waals surface area contributed by atoms with Crippen molar-refractivity contribution in [3.05, 3.63) is 0 Å². The highest BCUT2D eigenvalue weighted by atomic mass is 28.4. The fourth-order valence-electron chi connectivity index (χ4n) is 4.07. The summed E-state index contributed by atoms with van der Waals surface area (Å²) in [5, 5.41) is 9.68. The van der Waals surface area contributed by atoms with Crippen LogP contribution in [0.5, 0.6) is 0 Å². The summed E-state index contributed by atoms with van der Waals surface area (Å²) in [5.41, 5.74) is -1.25. The molecule has 0 aromatic heterocycles. The molecule has 246 valence electrons. The molecule has 0 aromatic carbocycles. The monoisotopic (exact) mass is 620 g/mol. The van der Waals surface area contributed by atoms with Crippen LogP contribution in [-0.2, 0) is 33.0 Å². The van der Waals surface area contributed by atoms with Crippen molar-refractivity contribution in [2.75, 3.05) is 27.3 Å². The number of nitrogens with zero attached hydrogens (tertiary/aromatic N) is 2. The molecule has 2 aliphatic rings. The van der Waals surface area contributed by atoms with Crippen LogP contribution >= 0.6 is 0 Å². The van der Waals surface area contributed by atoms with Crippen LogP contribution in [0.25, 0.3) is 0 Å². The van der Waals surface area contributed by atoms with Gasteiger partial charge in [-0.25, -0.2) is 19.2 Å². The molecule has 0 spiro atoms. The normalized spacial score (nSPS) is 22.8. The highest BCUT2D eigenvalue weighted by Crippen LogP contribution is 2.39. The van der Waals surface area contributed by atoms with E-state index >= 15 is 0 Å². The zero-order valence-corrected chi connectivity index (χ0v) is 28.2. The number of amides is 2. The number of ether oxygens (including phenoxy) is 4. The first-order valence-electron chi connectivity index (χ1n) is 14.0. The second-order valence-corrected chi connectivity index (χ2v) is 18.6. The predicted octanol–water partition coefficient (Wildman–Crippen LogP) is 4.73. The molecule has 0 bridgehead atoms. The Bertz CT molecular complexity index is 936. The lowest BCUT2D eigenvalue weighted by Gasteiger charge is -2.39. The van der Waals surface area contributed by atoms with E-state index in [0.29, 0.717) is 19.4 Å². The van der Waals surface area contributed by atoms with Gasteiger partial charge < -0.3 is 28.5 Å². The van der Waals surface area contributed by atoms with Crippen LogP contribution in [0.1, 0.15) is 82.6 Å². The molecule has 0 aliphatic carbocycles. The average molecular weight is 621 g/mol. The van der Waals surface area contributed by atoms with Gasteiger partial charge in [-0.3, -0.25) is 9.80 Å². The number of carbonyl (C=O) groups excluding carboxylic acids is 4. The van der Waals surface area contributed by atoms with Crippen molar-refractivity contribution in [2.24, 2.45) is 0 Å².